The number of carbonyl (C=O) groups excluding carboxylic acids is 3. The number of hydrogen-bond acceptors (Lipinski definition) is 13. The minimum atomic E-state index is -0.923. The van der Waals surface area contributed by atoms with Gasteiger partial charge in [0.25, 0.3) is 0 Å². The number of anilines is 1. The second-order valence-corrected chi connectivity index (χ2v) is 20.8. The fraction of sp³-hybridized carbons (Fsp3) is 0.490. The number of thiazole rings is 1. The number of β-amino-alcohol motifs (C(OH)–C–C–N with tert-alkyl or cyclic N) is 1. The SMILES string of the molecule is Cc1ncsc1-c1ccc(CNC(=O)[C@@H]2C[C@@H](O)CN2C(=O)C(NC(=O)CCOCCOCCCN2CCC(n3cc(-c4cnc(N)c(OC(C)c5c(Cl)ccc(F)c5Cl)c4)cn3)CC2)C(C)(C)C)cc1. The molecular formula is C51H64Cl2FN9O7S. The van der Waals surface area contributed by atoms with Crippen molar-refractivity contribution < 1.29 is 38.1 Å². The van der Waals surface area contributed by atoms with Crippen molar-refractivity contribution in [1.82, 2.24) is 40.2 Å². The summed E-state index contributed by atoms with van der Waals surface area (Å²) in [5.41, 5.74) is 12.2. The first-order valence-electron chi connectivity index (χ1n) is 24.0. The molecule has 71 heavy (non-hydrogen) atoms. The third kappa shape index (κ3) is 14.1. The number of hydrogen-bond donors (Lipinski definition) is 4. The van der Waals surface area contributed by atoms with Gasteiger partial charge in [0, 0.05) is 86.3 Å². The van der Waals surface area contributed by atoms with Crippen LogP contribution in [0.2, 0.25) is 10.0 Å². The molecule has 16 nitrogen and oxygen atoms in total. The van der Waals surface area contributed by atoms with Crippen molar-refractivity contribution in [2.75, 3.05) is 58.3 Å². The highest BCUT2D eigenvalue weighted by molar-refractivity contribution is 7.13. The number of nitrogens with one attached hydrogen (secondary N) is 2. The summed E-state index contributed by atoms with van der Waals surface area (Å²) in [7, 11) is 0. The van der Waals surface area contributed by atoms with Crippen LogP contribution in [0.3, 0.4) is 0 Å². The molecule has 3 amide bonds. The van der Waals surface area contributed by atoms with E-state index in [-0.39, 0.29) is 66.3 Å². The molecule has 2 unspecified atom stereocenters. The van der Waals surface area contributed by atoms with E-state index in [1.165, 1.54) is 17.0 Å². The first-order valence-corrected chi connectivity index (χ1v) is 25.6. The molecule has 0 radical (unpaired) electrons. The van der Waals surface area contributed by atoms with Gasteiger partial charge in [-0.3, -0.25) is 19.1 Å². The number of ether oxygens (including phenoxy) is 3. The van der Waals surface area contributed by atoms with Crippen LogP contribution in [0.1, 0.15) is 88.8 Å². The summed E-state index contributed by atoms with van der Waals surface area (Å²) < 4.78 is 33.8. The zero-order valence-electron chi connectivity index (χ0n) is 40.8. The Balaban J connectivity index is 0.766. The molecule has 4 atom stereocenters. The van der Waals surface area contributed by atoms with E-state index in [1.807, 2.05) is 68.3 Å². The van der Waals surface area contributed by atoms with Gasteiger partial charge in [-0.05, 0) is 67.9 Å². The van der Waals surface area contributed by atoms with Crippen LogP contribution in [0.15, 0.2) is 66.6 Å². The molecule has 20 heteroatoms. The van der Waals surface area contributed by atoms with Crippen molar-refractivity contribution >= 4 is 58.1 Å². The lowest BCUT2D eigenvalue weighted by molar-refractivity contribution is -0.144. The van der Waals surface area contributed by atoms with Crippen LogP contribution in [0.5, 0.6) is 5.75 Å². The molecule has 3 aromatic heterocycles. The number of nitrogens with zero attached hydrogens (tertiary/aromatic N) is 6. The van der Waals surface area contributed by atoms with Gasteiger partial charge in [0.05, 0.1) is 59.3 Å². The van der Waals surface area contributed by atoms with Crippen molar-refractivity contribution in [1.29, 1.82) is 0 Å². The summed E-state index contributed by atoms with van der Waals surface area (Å²) in [4.78, 5) is 54.1. The summed E-state index contributed by atoms with van der Waals surface area (Å²) in [6.45, 7) is 13.7. The number of nitrogens with two attached hydrogens (primary N) is 1. The Morgan fingerprint density at radius 2 is 1.72 bits per heavy atom. The van der Waals surface area contributed by atoms with Gasteiger partial charge in [0.15, 0.2) is 11.6 Å². The molecule has 2 aliphatic rings. The summed E-state index contributed by atoms with van der Waals surface area (Å²) in [5, 5.41) is 21.2. The van der Waals surface area contributed by atoms with Crippen molar-refractivity contribution in [2.45, 2.75) is 104 Å². The number of aromatic nitrogens is 4. The molecule has 0 spiro atoms. The summed E-state index contributed by atoms with van der Waals surface area (Å²) in [5.74, 6) is -1.21. The molecule has 7 rings (SSSR count). The molecular weight excluding hydrogens is 973 g/mol. The van der Waals surface area contributed by atoms with Gasteiger partial charge in [0.2, 0.25) is 17.7 Å². The first-order chi connectivity index (χ1) is 34.0. The van der Waals surface area contributed by atoms with Crippen LogP contribution < -0.4 is 21.1 Å². The minimum absolute atomic E-state index is 0.00174. The molecule has 382 valence electrons. The second kappa shape index (κ2) is 24.5. The predicted molar refractivity (Wildman–Crippen MR) is 273 cm³/mol. The third-order valence-electron chi connectivity index (χ3n) is 12.9. The van der Waals surface area contributed by atoms with Crippen LogP contribution in [0.4, 0.5) is 10.2 Å². The predicted octanol–water partition coefficient (Wildman–Crippen LogP) is 7.80. The Morgan fingerprint density at radius 3 is 2.42 bits per heavy atom. The van der Waals surface area contributed by atoms with E-state index in [0.717, 1.165) is 71.7 Å². The highest BCUT2D eigenvalue weighted by Gasteiger charge is 2.44. The lowest BCUT2D eigenvalue weighted by Crippen LogP contribution is -2.57. The van der Waals surface area contributed by atoms with E-state index >= 15 is 0 Å². The van der Waals surface area contributed by atoms with Crippen molar-refractivity contribution in [3.05, 3.63) is 99.2 Å². The lowest BCUT2D eigenvalue weighted by atomic mass is 9.85. The van der Waals surface area contributed by atoms with E-state index in [2.05, 4.69) is 30.6 Å². The number of rotatable bonds is 21. The average Bonchev–Trinajstić information content (AvgIpc) is 4.12. The van der Waals surface area contributed by atoms with E-state index in [4.69, 9.17) is 43.1 Å². The number of amides is 3. The van der Waals surface area contributed by atoms with Gasteiger partial charge in [-0.15, -0.1) is 11.3 Å². The quantitative estimate of drug-likeness (QED) is 0.0412. The maximum absolute atomic E-state index is 14.2. The van der Waals surface area contributed by atoms with Crippen molar-refractivity contribution in [2.24, 2.45) is 5.41 Å². The fourth-order valence-corrected chi connectivity index (χ4v) is 10.3. The molecule has 2 saturated heterocycles. The molecule has 5 aromatic rings. The van der Waals surface area contributed by atoms with E-state index in [0.29, 0.717) is 31.1 Å². The number of halogens is 3. The van der Waals surface area contributed by atoms with Gasteiger partial charge in [-0.25, -0.2) is 14.4 Å². The number of aliphatic hydroxyl groups is 1. The van der Waals surface area contributed by atoms with E-state index in [1.54, 1.807) is 36.7 Å². The van der Waals surface area contributed by atoms with Gasteiger partial charge in [-0.2, -0.15) is 5.10 Å². The Bertz CT molecular complexity index is 2600. The Hall–Kier alpha value is -5.21. The molecule has 0 saturated carbocycles. The number of benzene rings is 2. The maximum Gasteiger partial charge on any atom is 0.246 e. The molecule has 0 aliphatic carbocycles. The second-order valence-electron chi connectivity index (χ2n) is 19.2. The molecule has 5 N–H and O–H groups in total. The van der Waals surface area contributed by atoms with E-state index in [9.17, 15) is 23.9 Å². The monoisotopic (exact) mass is 1040 g/mol. The summed E-state index contributed by atoms with van der Waals surface area (Å²) >= 11 is 14.1. The number of nitrogen functional groups attached to an aromatic ring is 1. The lowest BCUT2D eigenvalue weighted by Gasteiger charge is -2.35. The molecule has 0 bridgehead atoms. The van der Waals surface area contributed by atoms with Crippen LogP contribution >= 0.6 is 34.5 Å². The first kappa shape index (κ1) is 53.6. The van der Waals surface area contributed by atoms with Gasteiger partial charge < -0.3 is 45.5 Å². The third-order valence-corrected chi connectivity index (χ3v) is 14.5. The van der Waals surface area contributed by atoms with Gasteiger partial charge >= 0.3 is 0 Å². The average molecular weight is 1040 g/mol. The zero-order chi connectivity index (χ0) is 50.8. The van der Waals surface area contributed by atoms with Crippen LogP contribution in [-0.4, -0.2) is 123 Å². The number of piperidine rings is 1. The van der Waals surface area contributed by atoms with E-state index < -0.39 is 41.4 Å². The summed E-state index contributed by atoms with van der Waals surface area (Å²) in [6, 6.07) is 10.8. The highest BCUT2D eigenvalue weighted by Crippen LogP contribution is 2.37. The fourth-order valence-electron chi connectivity index (χ4n) is 8.86. The maximum atomic E-state index is 14.2. The van der Waals surface area contributed by atoms with Gasteiger partial charge in [-0.1, -0.05) is 68.2 Å². The van der Waals surface area contributed by atoms with Crippen LogP contribution in [0, 0.1) is 18.2 Å². The summed E-state index contributed by atoms with van der Waals surface area (Å²) in [6.07, 6.45) is 6.82. The Morgan fingerprint density at radius 1 is 0.986 bits per heavy atom. The number of likely N-dealkylation sites (tertiary alicyclic amines) is 2. The van der Waals surface area contributed by atoms with Gasteiger partial charge in [0.1, 0.15) is 24.0 Å². The van der Waals surface area contributed by atoms with Crippen molar-refractivity contribution in [3.8, 4) is 27.3 Å². The Labute approximate surface area is 428 Å². The number of aryl methyl sites for hydroxylation is 1. The number of carbonyl (C=O) groups is 3. The smallest absolute Gasteiger partial charge is 0.246 e. The highest BCUT2D eigenvalue weighted by atomic mass is 35.5. The zero-order valence-corrected chi connectivity index (χ0v) is 43.2. The molecule has 5 heterocycles. The van der Waals surface area contributed by atoms with Crippen molar-refractivity contribution in [3.63, 3.8) is 0 Å². The Kier molecular flexibility index (Phi) is 18.5. The topological polar surface area (TPSA) is 199 Å². The normalized spacial score (nSPS) is 17.6. The number of pyridine rings is 1. The number of aliphatic hydroxyl groups excluding tert-OH is 1. The minimum Gasteiger partial charge on any atom is -0.482 e. The standard InChI is InChI=1S/C51H64Cl2FN9O7S/c1-31-46(71-30-58-31)34-9-7-33(8-10-34)25-57-49(66)41-24-38(64)29-62(41)50(67)47(51(3,4)5)60-43(65)15-20-69-22-21-68-19-6-16-61-17-13-37(14-18-61)63-28-36(27-59-63)35-23-42(48(55)56-26-35)70-32(2)44-39(52)11-12-40(54)45(44)53/h7-12,23,26-28,30,32,37-38,41,47,64H,6,13-22,24-25,29H2,1-5H3,(H2,55,56)(H,57,66)(H,60,65)/t32?,38-,41+,47?/m1/s1. The largest absolute Gasteiger partial charge is 0.482 e. The van der Waals surface area contributed by atoms with Crippen LogP contribution in [-0.2, 0) is 30.4 Å². The molecule has 2 aliphatic heterocycles. The molecule has 2 fully saturated rings. The molecule has 2 aromatic carbocycles. The van der Waals surface area contributed by atoms with Crippen LogP contribution in [0.25, 0.3) is 21.6 Å².